The number of carbonyl (C=O) groups is 2. The van der Waals surface area contributed by atoms with E-state index in [1.165, 1.54) is 0 Å². The molecule has 0 aromatic heterocycles. The zero-order valence-corrected chi connectivity index (χ0v) is 12.4. The maximum Gasteiger partial charge on any atom is 0.233 e. The van der Waals surface area contributed by atoms with Crippen molar-refractivity contribution >= 4 is 11.8 Å². The predicted molar refractivity (Wildman–Crippen MR) is 77.1 cm³/mol. The standard InChI is InChI=1S/C14H26N4O2/c1-16-12(19)11-17-6-8-18(9-7-17)13(20)10-14(15)4-2-3-5-14/h2-11,15H2,1H3,(H,16,19). The van der Waals surface area contributed by atoms with Gasteiger partial charge in [0.15, 0.2) is 0 Å². The molecule has 0 aromatic carbocycles. The smallest absolute Gasteiger partial charge is 0.233 e. The van der Waals surface area contributed by atoms with E-state index in [-0.39, 0.29) is 17.4 Å². The molecule has 0 aromatic rings. The van der Waals surface area contributed by atoms with E-state index < -0.39 is 0 Å². The lowest BCUT2D eigenvalue weighted by Gasteiger charge is -2.36. The van der Waals surface area contributed by atoms with Crippen molar-refractivity contribution in [2.75, 3.05) is 39.8 Å². The summed E-state index contributed by atoms with van der Waals surface area (Å²) in [5, 5.41) is 2.62. The molecule has 6 nitrogen and oxygen atoms in total. The van der Waals surface area contributed by atoms with Crippen molar-refractivity contribution in [3.8, 4) is 0 Å². The highest BCUT2D eigenvalue weighted by molar-refractivity contribution is 5.78. The molecule has 2 amide bonds. The molecule has 0 bridgehead atoms. The predicted octanol–water partition coefficient (Wildman–Crippen LogP) is -0.462. The molecule has 20 heavy (non-hydrogen) atoms. The van der Waals surface area contributed by atoms with Crippen molar-refractivity contribution in [2.45, 2.75) is 37.6 Å². The second kappa shape index (κ2) is 6.54. The summed E-state index contributed by atoms with van der Waals surface area (Å²) in [5.74, 6) is 0.200. The Bertz CT molecular complexity index is 358. The Balaban J connectivity index is 1.75. The third-order valence-electron chi connectivity index (χ3n) is 4.47. The average Bonchev–Trinajstić information content (AvgIpc) is 2.85. The van der Waals surface area contributed by atoms with Gasteiger partial charge in [-0.05, 0) is 12.8 Å². The highest BCUT2D eigenvalue weighted by Crippen LogP contribution is 2.30. The minimum atomic E-state index is -0.268. The maximum absolute atomic E-state index is 12.3. The number of hydrogen-bond donors (Lipinski definition) is 2. The number of carbonyl (C=O) groups excluding carboxylic acids is 2. The van der Waals surface area contributed by atoms with E-state index >= 15 is 0 Å². The van der Waals surface area contributed by atoms with Crippen molar-refractivity contribution in [3.05, 3.63) is 0 Å². The molecule has 0 spiro atoms. The summed E-state index contributed by atoms with van der Waals surface area (Å²) in [6, 6.07) is 0. The third-order valence-corrected chi connectivity index (χ3v) is 4.47. The summed E-state index contributed by atoms with van der Waals surface area (Å²) in [5.41, 5.74) is 6.00. The van der Waals surface area contributed by atoms with E-state index in [4.69, 9.17) is 5.73 Å². The van der Waals surface area contributed by atoms with Crippen LogP contribution in [0.3, 0.4) is 0 Å². The van der Waals surface area contributed by atoms with Crippen LogP contribution in [-0.4, -0.2) is 66.9 Å². The molecule has 1 saturated heterocycles. The lowest BCUT2D eigenvalue weighted by molar-refractivity contribution is -0.134. The summed E-state index contributed by atoms with van der Waals surface area (Å²) in [7, 11) is 1.64. The molecular weight excluding hydrogens is 256 g/mol. The number of rotatable bonds is 4. The quantitative estimate of drug-likeness (QED) is 0.731. The van der Waals surface area contributed by atoms with Crippen LogP contribution >= 0.6 is 0 Å². The van der Waals surface area contributed by atoms with Gasteiger partial charge in [-0.3, -0.25) is 14.5 Å². The van der Waals surface area contributed by atoms with Crippen LogP contribution in [0.15, 0.2) is 0 Å². The van der Waals surface area contributed by atoms with Crippen LogP contribution in [0.1, 0.15) is 32.1 Å². The van der Waals surface area contributed by atoms with Gasteiger partial charge in [0.05, 0.1) is 6.54 Å². The molecule has 1 saturated carbocycles. The topological polar surface area (TPSA) is 78.7 Å². The van der Waals surface area contributed by atoms with Crippen LogP contribution in [0.5, 0.6) is 0 Å². The summed E-state index contributed by atoms with van der Waals surface area (Å²) in [6.07, 6.45) is 4.70. The lowest BCUT2D eigenvalue weighted by Crippen LogP contribution is -2.52. The van der Waals surface area contributed by atoms with Crippen LogP contribution in [0.4, 0.5) is 0 Å². The van der Waals surface area contributed by atoms with Gasteiger partial charge in [0.1, 0.15) is 0 Å². The van der Waals surface area contributed by atoms with Gasteiger partial charge in [0.2, 0.25) is 11.8 Å². The number of hydrogen-bond acceptors (Lipinski definition) is 4. The van der Waals surface area contributed by atoms with E-state index in [0.29, 0.717) is 26.1 Å². The van der Waals surface area contributed by atoms with Crippen LogP contribution in [0.25, 0.3) is 0 Å². The first-order valence-corrected chi connectivity index (χ1v) is 7.52. The second-order valence-corrected chi connectivity index (χ2v) is 6.08. The molecule has 1 heterocycles. The fourth-order valence-corrected chi connectivity index (χ4v) is 3.11. The Morgan fingerprint density at radius 1 is 1.15 bits per heavy atom. The molecule has 6 heteroatoms. The van der Waals surface area contributed by atoms with Crippen molar-refractivity contribution in [1.82, 2.24) is 15.1 Å². The van der Waals surface area contributed by atoms with Crippen molar-refractivity contribution in [3.63, 3.8) is 0 Å². The number of amides is 2. The largest absolute Gasteiger partial charge is 0.358 e. The first-order chi connectivity index (χ1) is 9.52. The van der Waals surface area contributed by atoms with Crippen LogP contribution in [0.2, 0.25) is 0 Å². The van der Waals surface area contributed by atoms with E-state index in [9.17, 15) is 9.59 Å². The molecule has 114 valence electrons. The monoisotopic (exact) mass is 282 g/mol. The molecule has 0 radical (unpaired) electrons. The third kappa shape index (κ3) is 3.93. The summed E-state index contributed by atoms with van der Waals surface area (Å²) >= 11 is 0. The van der Waals surface area contributed by atoms with E-state index in [0.717, 1.165) is 38.8 Å². The highest BCUT2D eigenvalue weighted by Gasteiger charge is 2.34. The Hall–Kier alpha value is -1.14. The molecule has 0 unspecified atom stereocenters. The second-order valence-electron chi connectivity index (χ2n) is 6.08. The Labute approximate surface area is 120 Å². The lowest BCUT2D eigenvalue weighted by atomic mass is 9.94. The molecule has 2 rings (SSSR count). The maximum atomic E-state index is 12.3. The minimum Gasteiger partial charge on any atom is -0.358 e. The summed E-state index contributed by atoms with van der Waals surface area (Å²) in [6.45, 7) is 3.34. The van der Waals surface area contributed by atoms with Gasteiger partial charge in [-0.15, -0.1) is 0 Å². The summed E-state index contributed by atoms with van der Waals surface area (Å²) in [4.78, 5) is 27.6. The van der Waals surface area contributed by atoms with Crippen molar-refractivity contribution in [1.29, 1.82) is 0 Å². The van der Waals surface area contributed by atoms with E-state index in [2.05, 4.69) is 10.2 Å². The Morgan fingerprint density at radius 2 is 1.75 bits per heavy atom. The fourth-order valence-electron chi connectivity index (χ4n) is 3.11. The van der Waals surface area contributed by atoms with Gasteiger partial charge < -0.3 is 16.0 Å². The number of nitrogens with two attached hydrogens (primary N) is 1. The van der Waals surface area contributed by atoms with Gasteiger partial charge in [-0.2, -0.15) is 0 Å². The average molecular weight is 282 g/mol. The van der Waals surface area contributed by atoms with Crippen LogP contribution < -0.4 is 11.1 Å². The number of nitrogens with zero attached hydrogens (tertiary/aromatic N) is 2. The Kier molecular flexibility index (Phi) is 4.99. The first kappa shape index (κ1) is 15.3. The first-order valence-electron chi connectivity index (χ1n) is 7.52. The van der Waals surface area contributed by atoms with Gasteiger partial charge in [0, 0.05) is 45.2 Å². The number of piperazine rings is 1. The molecule has 2 aliphatic rings. The minimum absolute atomic E-state index is 0.0247. The molecule has 1 aliphatic heterocycles. The van der Waals surface area contributed by atoms with Crippen LogP contribution in [-0.2, 0) is 9.59 Å². The zero-order valence-electron chi connectivity index (χ0n) is 12.4. The van der Waals surface area contributed by atoms with E-state index in [1.807, 2.05) is 4.90 Å². The number of likely N-dealkylation sites (N-methyl/N-ethyl adjacent to an activating group) is 1. The molecular formula is C14H26N4O2. The van der Waals surface area contributed by atoms with Crippen LogP contribution in [0, 0.1) is 0 Å². The van der Waals surface area contributed by atoms with Gasteiger partial charge in [0.25, 0.3) is 0 Å². The Morgan fingerprint density at radius 3 is 2.30 bits per heavy atom. The summed E-state index contributed by atoms with van der Waals surface area (Å²) < 4.78 is 0. The molecule has 2 fully saturated rings. The van der Waals surface area contributed by atoms with Gasteiger partial charge in [-0.25, -0.2) is 0 Å². The molecule has 3 N–H and O–H groups in total. The van der Waals surface area contributed by atoms with Gasteiger partial charge in [-0.1, -0.05) is 12.8 Å². The molecule has 0 atom stereocenters. The normalized spacial score (nSPS) is 22.8. The zero-order chi connectivity index (χ0) is 14.6. The SMILES string of the molecule is CNC(=O)CN1CCN(C(=O)CC2(N)CCCC2)CC1. The van der Waals surface area contributed by atoms with Crippen molar-refractivity contribution < 1.29 is 9.59 Å². The number of nitrogens with one attached hydrogen (secondary N) is 1. The highest BCUT2D eigenvalue weighted by atomic mass is 16.2. The van der Waals surface area contributed by atoms with E-state index in [1.54, 1.807) is 7.05 Å². The molecule has 1 aliphatic carbocycles. The fraction of sp³-hybridized carbons (Fsp3) is 0.857. The van der Waals surface area contributed by atoms with Gasteiger partial charge >= 0.3 is 0 Å². The van der Waals surface area contributed by atoms with Crippen molar-refractivity contribution in [2.24, 2.45) is 5.73 Å².